The van der Waals surface area contributed by atoms with Crippen molar-refractivity contribution in [2.45, 2.75) is 30.4 Å². The Morgan fingerprint density at radius 2 is 1.94 bits per heavy atom. The number of thioether (sulfide) groups is 1. The Kier molecular flexibility index (Phi) is 6.06. The molecule has 0 aliphatic carbocycles. The molecule has 31 heavy (non-hydrogen) atoms. The van der Waals surface area contributed by atoms with E-state index in [0.717, 1.165) is 41.5 Å². The smallest absolute Gasteiger partial charge is 0.191 e. The van der Waals surface area contributed by atoms with E-state index in [9.17, 15) is 0 Å². The van der Waals surface area contributed by atoms with Gasteiger partial charge < -0.3 is 9.13 Å². The minimum atomic E-state index is 0.699. The fourth-order valence-corrected chi connectivity index (χ4v) is 5.28. The molecule has 2 aromatic carbocycles. The van der Waals surface area contributed by atoms with E-state index in [2.05, 4.69) is 61.1 Å². The molecule has 0 aliphatic rings. The van der Waals surface area contributed by atoms with Crippen molar-refractivity contribution in [3.8, 4) is 0 Å². The van der Waals surface area contributed by atoms with Crippen molar-refractivity contribution in [1.29, 1.82) is 0 Å². The molecule has 0 saturated heterocycles. The summed E-state index contributed by atoms with van der Waals surface area (Å²) in [4.78, 5) is 6.25. The third-order valence-electron chi connectivity index (χ3n) is 5.06. The third-order valence-corrected chi connectivity index (χ3v) is 7.21. The highest BCUT2D eigenvalue weighted by atomic mass is 35.5. The van der Waals surface area contributed by atoms with Gasteiger partial charge in [-0.05, 0) is 41.6 Å². The van der Waals surface area contributed by atoms with E-state index in [-0.39, 0.29) is 0 Å². The molecular formula is C23H20ClN5S2. The Morgan fingerprint density at radius 3 is 2.77 bits per heavy atom. The fourth-order valence-electron chi connectivity index (χ4n) is 3.53. The van der Waals surface area contributed by atoms with Crippen LogP contribution < -0.4 is 0 Å². The van der Waals surface area contributed by atoms with Crippen molar-refractivity contribution in [2.24, 2.45) is 0 Å². The van der Waals surface area contributed by atoms with E-state index < -0.39 is 0 Å². The van der Waals surface area contributed by atoms with Gasteiger partial charge in [-0.3, -0.25) is 0 Å². The van der Waals surface area contributed by atoms with Crippen molar-refractivity contribution in [2.75, 3.05) is 0 Å². The summed E-state index contributed by atoms with van der Waals surface area (Å²) in [6.45, 7) is 1.63. The fraction of sp³-hybridized carbons (Fsp3) is 0.174. The lowest BCUT2D eigenvalue weighted by Gasteiger charge is -2.10. The first-order valence-electron chi connectivity index (χ1n) is 9.98. The predicted octanol–water partition coefficient (Wildman–Crippen LogP) is 5.93. The van der Waals surface area contributed by atoms with Crippen LogP contribution in [0.3, 0.4) is 0 Å². The van der Waals surface area contributed by atoms with Crippen molar-refractivity contribution in [3.05, 3.63) is 93.7 Å². The van der Waals surface area contributed by atoms with Gasteiger partial charge in [-0.2, -0.15) is 0 Å². The highest BCUT2D eigenvalue weighted by Crippen LogP contribution is 2.26. The van der Waals surface area contributed by atoms with Crippen LogP contribution in [0.2, 0.25) is 5.02 Å². The summed E-state index contributed by atoms with van der Waals surface area (Å²) < 4.78 is 4.38. The molecule has 0 saturated carbocycles. The normalized spacial score (nSPS) is 11.4. The summed E-state index contributed by atoms with van der Waals surface area (Å²) >= 11 is 9.67. The van der Waals surface area contributed by atoms with E-state index in [1.54, 1.807) is 23.1 Å². The average Bonchev–Trinajstić information content (AvgIpc) is 3.52. The number of halogens is 1. The lowest BCUT2D eigenvalue weighted by Crippen LogP contribution is -2.05. The number of rotatable bonds is 8. The minimum Gasteiger partial charge on any atom is -0.323 e. The second-order valence-electron chi connectivity index (χ2n) is 7.16. The average molecular weight is 466 g/mol. The van der Waals surface area contributed by atoms with Crippen molar-refractivity contribution < 1.29 is 0 Å². The molecule has 3 aromatic heterocycles. The van der Waals surface area contributed by atoms with E-state index in [1.807, 2.05) is 30.6 Å². The Morgan fingerprint density at radius 1 is 1.03 bits per heavy atom. The first-order valence-corrected chi connectivity index (χ1v) is 12.2. The van der Waals surface area contributed by atoms with Gasteiger partial charge in [0, 0.05) is 23.0 Å². The lowest BCUT2D eigenvalue weighted by atomic mass is 10.2. The zero-order valence-corrected chi connectivity index (χ0v) is 19.1. The molecule has 3 heterocycles. The molecule has 156 valence electrons. The summed E-state index contributed by atoms with van der Waals surface area (Å²) in [5.74, 6) is 1.70. The van der Waals surface area contributed by atoms with Gasteiger partial charge in [0.1, 0.15) is 12.2 Å². The minimum absolute atomic E-state index is 0.699. The summed E-state index contributed by atoms with van der Waals surface area (Å²) in [6, 6.07) is 20.6. The SMILES string of the molecule is Clc1ccc2c(c1)nc(CSc1nncn1CCc1cccs1)n2Cc1ccccc1. The number of imidazole rings is 1. The van der Waals surface area contributed by atoms with Crippen molar-refractivity contribution in [1.82, 2.24) is 24.3 Å². The second-order valence-corrected chi connectivity index (χ2v) is 9.57. The van der Waals surface area contributed by atoms with Gasteiger partial charge in [0.15, 0.2) is 5.16 Å². The van der Waals surface area contributed by atoms with Crippen LogP contribution in [0.4, 0.5) is 0 Å². The Hall–Kier alpha value is -2.61. The molecule has 0 N–H and O–H groups in total. The number of nitrogens with zero attached hydrogens (tertiary/aromatic N) is 5. The molecule has 5 nitrogen and oxygen atoms in total. The summed E-state index contributed by atoms with van der Waals surface area (Å²) in [6.07, 6.45) is 2.79. The van der Waals surface area contributed by atoms with Crippen LogP contribution in [-0.2, 0) is 25.3 Å². The van der Waals surface area contributed by atoms with Crippen LogP contribution in [0.1, 0.15) is 16.3 Å². The summed E-state index contributed by atoms with van der Waals surface area (Å²) in [5.41, 5.74) is 3.24. The predicted molar refractivity (Wildman–Crippen MR) is 128 cm³/mol. The van der Waals surface area contributed by atoms with Gasteiger partial charge in [-0.15, -0.1) is 21.5 Å². The molecule has 8 heteroatoms. The Balaban J connectivity index is 1.38. The lowest BCUT2D eigenvalue weighted by molar-refractivity contribution is 0.637. The molecule has 0 unspecified atom stereocenters. The maximum absolute atomic E-state index is 6.22. The maximum atomic E-state index is 6.22. The van der Waals surface area contributed by atoms with E-state index in [1.165, 1.54) is 10.4 Å². The molecule has 0 aliphatic heterocycles. The van der Waals surface area contributed by atoms with Crippen LogP contribution in [0.25, 0.3) is 11.0 Å². The number of benzene rings is 2. The number of fused-ring (bicyclic) bond motifs is 1. The van der Waals surface area contributed by atoms with Gasteiger partial charge >= 0.3 is 0 Å². The molecule has 5 rings (SSSR count). The molecule has 0 spiro atoms. The van der Waals surface area contributed by atoms with Crippen LogP contribution in [0.15, 0.2) is 77.5 Å². The monoisotopic (exact) mass is 465 g/mol. The van der Waals surface area contributed by atoms with E-state index in [0.29, 0.717) is 10.8 Å². The van der Waals surface area contributed by atoms with Gasteiger partial charge in [0.05, 0.1) is 16.8 Å². The molecule has 0 fully saturated rings. The molecule has 0 amide bonds. The molecule has 0 bridgehead atoms. The topological polar surface area (TPSA) is 48.5 Å². The Labute approximate surface area is 193 Å². The number of thiophene rings is 1. The molecule has 0 atom stereocenters. The summed E-state index contributed by atoms with van der Waals surface area (Å²) in [5, 5.41) is 12.2. The molecule has 0 radical (unpaired) electrons. The van der Waals surface area contributed by atoms with Gasteiger partial charge in [-0.1, -0.05) is 59.8 Å². The second kappa shape index (κ2) is 9.26. The van der Waals surface area contributed by atoms with Gasteiger partial charge in [0.2, 0.25) is 0 Å². The Bertz CT molecular complexity index is 1280. The van der Waals surface area contributed by atoms with Crippen molar-refractivity contribution >= 4 is 45.7 Å². The number of hydrogen-bond acceptors (Lipinski definition) is 5. The zero-order chi connectivity index (χ0) is 21.0. The zero-order valence-electron chi connectivity index (χ0n) is 16.7. The number of hydrogen-bond donors (Lipinski definition) is 0. The first-order chi connectivity index (χ1) is 15.3. The quantitative estimate of drug-likeness (QED) is 0.267. The van der Waals surface area contributed by atoms with Gasteiger partial charge in [0.25, 0.3) is 0 Å². The van der Waals surface area contributed by atoms with Crippen molar-refractivity contribution in [3.63, 3.8) is 0 Å². The van der Waals surface area contributed by atoms with Crippen LogP contribution in [-0.4, -0.2) is 24.3 Å². The maximum Gasteiger partial charge on any atom is 0.191 e. The van der Waals surface area contributed by atoms with E-state index in [4.69, 9.17) is 16.6 Å². The number of aryl methyl sites for hydroxylation is 2. The highest BCUT2D eigenvalue weighted by Gasteiger charge is 2.14. The van der Waals surface area contributed by atoms with Gasteiger partial charge in [-0.25, -0.2) is 4.98 Å². The largest absolute Gasteiger partial charge is 0.323 e. The third kappa shape index (κ3) is 4.69. The molecular weight excluding hydrogens is 446 g/mol. The highest BCUT2D eigenvalue weighted by molar-refractivity contribution is 7.98. The van der Waals surface area contributed by atoms with Crippen LogP contribution in [0.5, 0.6) is 0 Å². The van der Waals surface area contributed by atoms with E-state index >= 15 is 0 Å². The van der Waals surface area contributed by atoms with Crippen LogP contribution in [0, 0.1) is 0 Å². The number of aromatic nitrogens is 5. The van der Waals surface area contributed by atoms with Crippen LogP contribution >= 0.6 is 34.7 Å². The summed E-state index contributed by atoms with van der Waals surface area (Å²) in [7, 11) is 0. The standard InChI is InChI=1S/C23H20ClN5S2/c24-18-8-9-21-20(13-18)26-22(29(21)14-17-5-2-1-3-6-17)15-31-23-27-25-16-28(23)11-10-19-7-4-12-30-19/h1-9,12-13,16H,10-11,14-15H2. The molecule has 5 aromatic rings. The first kappa shape index (κ1) is 20.3.